The van der Waals surface area contributed by atoms with Crippen molar-refractivity contribution >= 4 is 29.3 Å². The predicted octanol–water partition coefficient (Wildman–Crippen LogP) is 3.46. The van der Waals surface area contributed by atoms with E-state index in [9.17, 15) is 9.59 Å². The van der Waals surface area contributed by atoms with Crippen molar-refractivity contribution in [1.29, 1.82) is 0 Å². The summed E-state index contributed by atoms with van der Waals surface area (Å²) in [5, 5.41) is 2.76. The first-order valence-electron chi connectivity index (χ1n) is 8.07. The van der Waals surface area contributed by atoms with E-state index in [1.165, 1.54) is 7.11 Å². The number of anilines is 1. The summed E-state index contributed by atoms with van der Waals surface area (Å²) in [6, 6.07) is 13.4. The molecule has 0 saturated heterocycles. The number of amides is 1. The average molecular weight is 383 g/mol. The van der Waals surface area contributed by atoms with E-state index < -0.39 is 5.97 Å². The number of methoxy groups -OCH3 is 1. The number of rotatable bonds is 6. The monoisotopic (exact) mass is 383 g/mol. The summed E-state index contributed by atoms with van der Waals surface area (Å²) >= 11 is 1.14. The van der Waals surface area contributed by atoms with Gasteiger partial charge in [0.25, 0.3) is 5.91 Å². The Morgan fingerprint density at radius 3 is 2.59 bits per heavy atom. The van der Waals surface area contributed by atoms with E-state index in [0.29, 0.717) is 22.6 Å². The molecule has 3 aromatic rings. The lowest BCUT2D eigenvalue weighted by molar-refractivity contribution is 0.0600. The molecule has 3 rings (SSSR count). The van der Waals surface area contributed by atoms with Crippen LogP contribution in [0, 0.1) is 6.92 Å². The molecular weight excluding hydrogens is 366 g/mol. The molecule has 0 bridgehead atoms. The number of hydrogen-bond donors (Lipinski definition) is 1. The van der Waals surface area contributed by atoms with Gasteiger partial charge in [-0.15, -0.1) is 0 Å². The second kappa shape index (κ2) is 8.41. The molecule has 27 heavy (non-hydrogen) atoms. The fraction of sp³-hybridized carbons (Fsp3) is 0.158. The van der Waals surface area contributed by atoms with Crippen LogP contribution < -0.4 is 10.1 Å². The van der Waals surface area contributed by atoms with Gasteiger partial charge in [0.1, 0.15) is 18.1 Å². The van der Waals surface area contributed by atoms with Gasteiger partial charge in [-0.2, -0.15) is 8.75 Å². The van der Waals surface area contributed by atoms with Crippen LogP contribution in [0.15, 0.2) is 48.5 Å². The maximum absolute atomic E-state index is 12.5. The summed E-state index contributed by atoms with van der Waals surface area (Å²) in [6.07, 6.45) is 0. The summed E-state index contributed by atoms with van der Waals surface area (Å²) in [5.41, 5.74) is 2.90. The zero-order valence-electron chi connectivity index (χ0n) is 14.8. The summed E-state index contributed by atoms with van der Waals surface area (Å²) in [4.78, 5) is 24.1. The van der Waals surface area contributed by atoms with E-state index in [2.05, 4.69) is 18.8 Å². The van der Waals surface area contributed by atoms with Crippen molar-refractivity contribution in [1.82, 2.24) is 8.75 Å². The molecule has 138 valence electrons. The highest BCUT2D eigenvalue weighted by molar-refractivity contribution is 6.99. The fourth-order valence-corrected chi connectivity index (χ4v) is 2.86. The number of nitrogens with zero attached hydrogens (tertiary/aromatic N) is 2. The van der Waals surface area contributed by atoms with Crippen molar-refractivity contribution in [2.75, 3.05) is 12.4 Å². The zero-order valence-corrected chi connectivity index (χ0v) is 15.6. The van der Waals surface area contributed by atoms with Crippen LogP contribution in [0.4, 0.5) is 5.69 Å². The molecule has 0 unspecified atom stereocenters. The molecule has 2 aromatic carbocycles. The van der Waals surface area contributed by atoms with Crippen molar-refractivity contribution in [3.05, 3.63) is 71.0 Å². The third-order valence-electron chi connectivity index (χ3n) is 3.76. The highest BCUT2D eigenvalue weighted by atomic mass is 32.1. The topological polar surface area (TPSA) is 90.4 Å². The molecule has 7 nitrogen and oxygen atoms in total. The predicted molar refractivity (Wildman–Crippen MR) is 101 cm³/mol. The molecule has 0 fully saturated rings. The van der Waals surface area contributed by atoms with Crippen LogP contribution in [0.3, 0.4) is 0 Å². The van der Waals surface area contributed by atoms with Gasteiger partial charge in [0.05, 0.1) is 30.1 Å². The molecule has 0 spiro atoms. The highest BCUT2D eigenvalue weighted by Crippen LogP contribution is 2.18. The van der Waals surface area contributed by atoms with Gasteiger partial charge in [0.2, 0.25) is 0 Å². The standard InChI is InChI=1S/C19H17N3O4S/c1-12-17(22-27-21-12)11-26-16-8-4-5-13(10-16)18(23)20-15-7-3-6-14(9-15)19(24)25-2/h3-10H,11H2,1-2H3,(H,20,23). The molecule has 0 atom stereocenters. The van der Waals surface area contributed by atoms with Gasteiger partial charge < -0.3 is 14.8 Å². The Kier molecular flexibility index (Phi) is 5.77. The number of ether oxygens (including phenoxy) is 2. The molecule has 0 aliphatic heterocycles. The minimum absolute atomic E-state index is 0.286. The van der Waals surface area contributed by atoms with Crippen LogP contribution >= 0.6 is 11.7 Å². The largest absolute Gasteiger partial charge is 0.487 e. The molecule has 0 saturated carbocycles. The van der Waals surface area contributed by atoms with Crippen molar-refractivity contribution in [3.63, 3.8) is 0 Å². The van der Waals surface area contributed by atoms with Crippen molar-refractivity contribution < 1.29 is 19.1 Å². The lowest BCUT2D eigenvalue weighted by atomic mass is 10.1. The van der Waals surface area contributed by atoms with E-state index in [-0.39, 0.29) is 12.5 Å². The third kappa shape index (κ3) is 4.68. The molecule has 0 radical (unpaired) electrons. The second-order valence-electron chi connectivity index (χ2n) is 5.64. The maximum atomic E-state index is 12.5. The van der Waals surface area contributed by atoms with Gasteiger partial charge in [-0.3, -0.25) is 4.79 Å². The van der Waals surface area contributed by atoms with Crippen molar-refractivity contribution in [2.45, 2.75) is 13.5 Å². The number of carbonyl (C=O) groups is 2. The van der Waals surface area contributed by atoms with Crippen LogP contribution in [-0.4, -0.2) is 27.7 Å². The van der Waals surface area contributed by atoms with Gasteiger partial charge in [-0.05, 0) is 43.3 Å². The normalized spacial score (nSPS) is 10.3. The smallest absolute Gasteiger partial charge is 0.337 e. The van der Waals surface area contributed by atoms with Gasteiger partial charge in [-0.1, -0.05) is 12.1 Å². The number of esters is 1. The molecule has 1 amide bonds. The first kappa shape index (κ1) is 18.5. The quantitative estimate of drug-likeness (QED) is 0.656. The van der Waals surface area contributed by atoms with Gasteiger partial charge >= 0.3 is 5.97 Å². The summed E-state index contributed by atoms with van der Waals surface area (Å²) in [6.45, 7) is 2.16. The molecule has 0 aliphatic carbocycles. The minimum Gasteiger partial charge on any atom is -0.487 e. The Hall–Kier alpha value is -3.26. The molecule has 8 heteroatoms. The molecule has 1 heterocycles. The first-order chi connectivity index (χ1) is 13.1. The van der Waals surface area contributed by atoms with E-state index in [1.807, 2.05) is 6.92 Å². The number of aryl methyl sites for hydroxylation is 1. The zero-order chi connectivity index (χ0) is 19.2. The first-order valence-corrected chi connectivity index (χ1v) is 8.80. The average Bonchev–Trinajstić information content (AvgIpc) is 3.11. The Labute approximate surface area is 160 Å². The van der Waals surface area contributed by atoms with Crippen LogP contribution in [0.1, 0.15) is 32.1 Å². The van der Waals surface area contributed by atoms with Crippen LogP contribution in [0.25, 0.3) is 0 Å². The maximum Gasteiger partial charge on any atom is 0.337 e. The summed E-state index contributed by atoms with van der Waals surface area (Å²) < 4.78 is 18.6. The second-order valence-corrected chi connectivity index (χ2v) is 6.17. The number of benzene rings is 2. The molecule has 1 aromatic heterocycles. The SMILES string of the molecule is COC(=O)c1cccc(NC(=O)c2cccc(OCc3nsnc3C)c2)c1. The summed E-state index contributed by atoms with van der Waals surface area (Å²) in [5.74, 6) is -0.222. The molecule has 0 aliphatic rings. The highest BCUT2D eigenvalue weighted by Gasteiger charge is 2.11. The lowest BCUT2D eigenvalue weighted by Crippen LogP contribution is -2.12. The molecular formula is C19H17N3O4S. The molecule has 1 N–H and O–H groups in total. The van der Waals surface area contributed by atoms with Gasteiger partial charge in [0.15, 0.2) is 0 Å². The lowest BCUT2D eigenvalue weighted by Gasteiger charge is -2.09. The van der Waals surface area contributed by atoms with Gasteiger partial charge in [-0.25, -0.2) is 4.79 Å². The van der Waals surface area contributed by atoms with E-state index in [4.69, 9.17) is 4.74 Å². The van der Waals surface area contributed by atoms with E-state index >= 15 is 0 Å². The van der Waals surface area contributed by atoms with E-state index in [1.54, 1.807) is 48.5 Å². The van der Waals surface area contributed by atoms with Crippen molar-refractivity contribution in [2.24, 2.45) is 0 Å². The summed E-state index contributed by atoms with van der Waals surface area (Å²) in [7, 11) is 1.31. The number of carbonyl (C=O) groups excluding carboxylic acids is 2. The Morgan fingerprint density at radius 2 is 1.85 bits per heavy atom. The van der Waals surface area contributed by atoms with E-state index in [0.717, 1.165) is 23.1 Å². The van der Waals surface area contributed by atoms with Crippen LogP contribution in [0.2, 0.25) is 0 Å². The van der Waals surface area contributed by atoms with Crippen molar-refractivity contribution in [3.8, 4) is 5.75 Å². The Morgan fingerprint density at radius 1 is 1.07 bits per heavy atom. The van der Waals surface area contributed by atoms with Gasteiger partial charge in [0, 0.05) is 11.3 Å². The fourth-order valence-electron chi connectivity index (χ4n) is 2.30. The number of hydrogen-bond acceptors (Lipinski definition) is 7. The third-order valence-corrected chi connectivity index (χ3v) is 4.42. The van der Waals surface area contributed by atoms with Crippen LogP contribution in [-0.2, 0) is 11.3 Å². The minimum atomic E-state index is -0.465. The number of aromatic nitrogens is 2. The van der Waals surface area contributed by atoms with Crippen LogP contribution in [0.5, 0.6) is 5.75 Å². The Balaban J connectivity index is 1.68. The Bertz CT molecular complexity index is 971. The number of nitrogens with one attached hydrogen (secondary N) is 1.